The zero-order valence-electron chi connectivity index (χ0n) is 7.08. The molecule has 0 amide bonds. The second-order valence-corrected chi connectivity index (χ2v) is 3.90. The van der Waals surface area contributed by atoms with Crippen molar-refractivity contribution in [3.05, 3.63) is 24.0 Å². The highest BCUT2D eigenvalue weighted by atomic mass is 32.2. The van der Waals surface area contributed by atoms with Gasteiger partial charge in [-0.05, 0) is 12.1 Å². The van der Waals surface area contributed by atoms with Crippen molar-refractivity contribution >= 4 is 15.9 Å². The van der Waals surface area contributed by atoms with Crippen LogP contribution in [0.2, 0.25) is 0 Å². The summed E-state index contributed by atoms with van der Waals surface area (Å²) < 4.78 is 50.6. The molecule has 0 bridgehead atoms. The average Bonchev–Trinajstić information content (AvgIpc) is 2.10. The summed E-state index contributed by atoms with van der Waals surface area (Å²) >= 11 is 0. The summed E-state index contributed by atoms with van der Waals surface area (Å²) in [6.07, 6.45) is 0. The van der Waals surface area contributed by atoms with Gasteiger partial charge in [-0.2, -0.15) is 22.2 Å². The van der Waals surface area contributed by atoms with E-state index in [1.54, 1.807) is 0 Å². The molecule has 78 valence electrons. The van der Waals surface area contributed by atoms with Crippen LogP contribution < -0.4 is 9.44 Å². The molecule has 0 atom stereocenters. The summed E-state index contributed by atoms with van der Waals surface area (Å²) in [6.45, 7) is 0. The molecular weight excluding hydrogens is 216 g/mol. The standard InChI is InChI=1S/C6H7F2N3O2S/c1-9-14(12,13)11-4-2-3-5(7)10-6(4)8/h2-3,9,11H,1H3. The Kier molecular flexibility index (Phi) is 2.96. The first kappa shape index (κ1) is 10.8. The van der Waals surface area contributed by atoms with Gasteiger partial charge in [-0.1, -0.05) is 0 Å². The number of nitrogens with one attached hydrogen (secondary N) is 2. The van der Waals surface area contributed by atoms with Gasteiger partial charge in [0.25, 0.3) is 10.2 Å². The van der Waals surface area contributed by atoms with Crippen LogP contribution in [0, 0.1) is 11.9 Å². The number of rotatable bonds is 3. The number of hydrogen-bond donors (Lipinski definition) is 2. The van der Waals surface area contributed by atoms with E-state index in [0.717, 1.165) is 19.2 Å². The summed E-state index contributed by atoms with van der Waals surface area (Å²) in [5.74, 6) is -2.24. The van der Waals surface area contributed by atoms with E-state index < -0.39 is 27.8 Å². The highest BCUT2D eigenvalue weighted by Gasteiger charge is 2.11. The van der Waals surface area contributed by atoms with Crippen LogP contribution in [0.15, 0.2) is 12.1 Å². The number of anilines is 1. The van der Waals surface area contributed by atoms with Crippen LogP contribution in [-0.2, 0) is 10.2 Å². The van der Waals surface area contributed by atoms with Gasteiger partial charge in [-0.3, -0.25) is 4.72 Å². The molecule has 0 unspecified atom stereocenters. The highest BCUT2D eigenvalue weighted by Crippen LogP contribution is 2.12. The Morgan fingerprint density at radius 1 is 1.36 bits per heavy atom. The van der Waals surface area contributed by atoms with Crippen molar-refractivity contribution < 1.29 is 17.2 Å². The second-order valence-electron chi connectivity index (χ2n) is 2.28. The first-order chi connectivity index (χ1) is 6.44. The van der Waals surface area contributed by atoms with Gasteiger partial charge in [0.05, 0.1) is 0 Å². The van der Waals surface area contributed by atoms with Gasteiger partial charge < -0.3 is 0 Å². The molecule has 0 spiro atoms. The average molecular weight is 223 g/mol. The summed E-state index contributed by atoms with van der Waals surface area (Å²) in [4.78, 5) is 2.80. The smallest absolute Gasteiger partial charge is 0.266 e. The van der Waals surface area contributed by atoms with Gasteiger partial charge >= 0.3 is 0 Å². The monoisotopic (exact) mass is 223 g/mol. The largest absolute Gasteiger partial charge is 0.298 e. The Morgan fingerprint density at radius 2 is 2.00 bits per heavy atom. The van der Waals surface area contributed by atoms with E-state index >= 15 is 0 Å². The summed E-state index contributed by atoms with van der Waals surface area (Å²) in [7, 11) is -2.66. The molecule has 1 aromatic heterocycles. The quantitative estimate of drug-likeness (QED) is 0.721. The Balaban J connectivity index is 2.99. The van der Waals surface area contributed by atoms with Crippen molar-refractivity contribution in [2.75, 3.05) is 11.8 Å². The van der Waals surface area contributed by atoms with E-state index in [1.165, 1.54) is 0 Å². The lowest BCUT2D eigenvalue weighted by Gasteiger charge is -2.05. The van der Waals surface area contributed by atoms with Crippen molar-refractivity contribution in [3.8, 4) is 0 Å². The first-order valence-corrected chi connectivity index (χ1v) is 4.96. The number of hydrogen-bond acceptors (Lipinski definition) is 3. The van der Waals surface area contributed by atoms with E-state index in [0.29, 0.717) is 0 Å². The van der Waals surface area contributed by atoms with Gasteiger partial charge in [0, 0.05) is 7.05 Å². The highest BCUT2D eigenvalue weighted by molar-refractivity contribution is 7.90. The van der Waals surface area contributed by atoms with Crippen molar-refractivity contribution in [1.29, 1.82) is 0 Å². The molecular formula is C6H7F2N3O2S. The van der Waals surface area contributed by atoms with Crippen LogP contribution in [0.1, 0.15) is 0 Å². The summed E-state index contributed by atoms with van der Waals surface area (Å²) in [5, 5.41) is 0. The van der Waals surface area contributed by atoms with E-state index in [9.17, 15) is 17.2 Å². The molecule has 1 rings (SSSR count). The van der Waals surface area contributed by atoms with E-state index in [2.05, 4.69) is 4.98 Å². The van der Waals surface area contributed by atoms with Crippen molar-refractivity contribution in [2.24, 2.45) is 0 Å². The molecule has 1 aromatic rings. The predicted octanol–water partition coefficient (Wildman–Crippen LogP) is 0.236. The van der Waals surface area contributed by atoms with E-state index in [4.69, 9.17) is 0 Å². The van der Waals surface area contributed by atoms with E-state index in [-0.39, 0.29) is 0 Å². The Hall–Kier alpha value is -1.28. The Bertz CT molecular complexity index is 435. The molecule has 0 saturated heterocycles. The van der Waals surface area contributed by atoms with Crippen LogP contribution >= 0.6 is 0 Å². The number of halogens is 2. The predicted molar refractivity (Wildman–Crippen MR) is 45.8 cm³/mol. The van der Waals surface area contributed by atoms with Gasteiger partial charge in [0.15, 0.2) is 0 Å². The van der Waals surface area contributed by atoms with Crippen molar-refractivity contribution in [3.63, 3.8) is 0 Å². The lowest BCUT2D eigenvalue weighted by Crippen LogP contribution is -2.27. The van der Waals surface area contributed by atoms with Crippen LogP contribution in [0.25, 0.3) is 0 Å². The van der Waals surface area contributed by atoms with Gasteiger partial charge in [0.1, 0.15) is 5.69 Å². The summed E-state index contributed by atoms with van der Waals surface area (Å²) in [6, 6.07) is 1.78. The molecule has 0 saturated carbocycles. The number of pyridine rings is 1. The molecule has 0 aliphatic carbocycles. The SMILES string of the molecule is CNS(=O)(=O)Nc1ccc(F)nc1F. The first-order valence-electron chi connectivity index (χ1n) is 3.48. The Morgan fingerprint density at radius 3 is 2.50 bits per heavy atom. The Labute approximate surface area is 79.3 Å². The van der Waals surface area contributed by atoms with Gasteiger partial charge in [-0.25, -0.2) is 4.72 Å². The third kappa shape index (κ3) is 2.60. The minimum atomic E-state index is -3.81. The maximum atomic E-state index is 12.8. The molecule has 8 heteroatoms. The zero-order valence-corrected chi connectivity index (χ0v) is 7.90. The van der Waals surface area contributed by atoms with Crippen LogP contribution in [-0.4, -0.2) is 20.4 Å². The van der Waals surface area contributed by atoms with Gasteiger partial charge in [0.2, 0.25) is 11.9 Å². The third-order valence-electron chi connectivity index (χ3n) is 1.33. The molecule has 5 nitrogen and oxygen atoms in total. The molecule has 0 fully saturated rings. The maximum absolute atomic E-state index is 12.8. The molecule has 0 radical (unpaired) electrons. The normalized spacial score (nSPS) is 11.4. The third-order valence-corrected chi connectivity index (χ3v) is 2.35. The van der Waals surface area contributed by atoms with Crippen molar-refractivity contribution in [1.82, 2.24) is 9.71 Å². The number of aromatic nitrogens is 1. The molecule has 0 aliphatic rings. The lowest BCUT2D eigenvalue weighted by atomic mass is 10.4. The fraction of sp³-hybridized carbons (Fsp3) is 0.167. The van der Waals surface area contributed by atoms with Crippen LogP contribution in [0.5, 0.6) is 0 Å². The fourth-order valence-corrected chi connectivity index (χ4v) is 1.23. The molecule has 1 heterocycles. The molecule has 0 aromatic carbocycles. The topological polar surface area (TPSA) is 71.1 Å². The molecule has 0 aliphatic heterocycles. The van der Waals surface area contributed by atoms with Crippen LogP contribution in [0.3, 0.4) is 0 Å². The zero-order chi connectivity index (χ0) is 10.8. The van der Waals surface area contributed by atoms with Crippen molar-refractivity contribution in [2.45, 2.75) is 0 Å². The number of nitrogens with zero attached hydrogens (tertiary/aromatic N) is 1. The maximum Gasteiger partial charge on any atom is 0.298 e. The molecule has 14 heavy (non-hydrogen) atoms. The van der Waals surface area contributed by atoms with Crippen LogP contribution in [0.4, 0.5) is 14.5 Å². The molecule has 2 N–H and O–H groups in total. The lowest BCUT2D eigenvalue weighted by molar-refractivity contribution is 0.515. The minimum absolute atomic E-state index is 0.416. The minimum Gasteiger partial charge on any atom is -0.266 e. The second kappa shape index (κ2) is 3.84. The van der Waals surface area contributed by atoms with E-state index in [1.807, 2.05) is 9.44 Å². The fourth-order valence-electron chi connectivity index (χ4n) is 0.684. The summed E-state index contributed by atoms with van der Waals surface area (Å²) in [5.41, 5.74) is -0.416. The van der Waals surface area contributed by atoms with Gasteiger partial charge in [-0.15, -0.1) is 0 Å².